The molecule has 1 fully saturated rings. The third-order valence-electron chi connectivity index (χ3n) is 1.42. The molecule has 0 aromatic heterocycles. The quantitative estimate of drug-likeness (QED) is 0.492. The van der Waals surface area contributed by atoms with Crippen molar-refractivity contribution in [1.29, 1.82) is 0 Å². The number of nitrogens with zero attached hydrogens (tertiary/aromatic N) is 1. The number of hydrogen-bond donors (Lipinski definition) is 0. The SMILES string of the molecule is CC(=O)N1C(=O)OC[C@@H]1C. The summed E-state index contributed by atoms with van der Waals surface area (Å²) in [5.74, 6) is -0.255. The van der Waals surface area contributed by atoms with Crippen molar-refractivity contribution in [2.45, 2.75) is 19.9 Å². The van der Waals surface area contributed by atoms with E-state index in [1.54, 1.807) is 6.92 Å². The molecule has 0 unspecified atom stereocenters. The first kappa shape index (κ1) is 7.05. The Morgan fingerprint density at radius 2 is 2.40 bits per heavy atom. The Labute approximate surface area is 58.8 Å². The van der Waals surface area contributed by atoms with Crippen molar-refractivity contribution in [3.8, 4) is 0 Å². The fourth-order valence-electron chi connectivity index (χ4n) is 0.955. The van der Waals surface area contributed by atoms with Crippen molar-refractivity contribution in [3.63, 3.8) is 0 Å². The second-order valence-corrected chi connectivity index (χ2v) is 2.31. The average molecular weight is 143 g/mol. The molecular weight excluding hydrogens is 134 g/mol. The molecular formula is C6H9NO3. The third kappa shape index (κ3) is 0.964. The van der Waals surface area contributed by atoms with Gasteiger partial charge >= 0.3 is 6.09 Å². The molecule has 1 heterocycles. The van der Waals surface area contributed by atoms with Crippen LogP contribution < -0.4 is 0 Å². The molecule has 4 nitrogen and oxygen atoms in total. The smallest absolute Gasteiger partial charge is 0.416 e. The number of carbonyl (C=O) groups excluding carboxylic acids is 2. The number of amides is 2. The lowest BCUT2D eigenvalue weighted by atomic mass is 10.3. The molecule has 0 saturated carbocycles. The van der Waals surface area contributed by atoms with E-state index in [1.807, 2.05) is 0 Å². The summed E-state index contributed by atoms with van der Waals surface area (Å²) in [6, 6.07) is -0.106. The third-order valence-corrected chi connectivity index (χ3v) is 1.42. The Hall–Kier alpha value is -1.06. The first-order valence-electron chi connectivity index (χ1n) is 3.09. The summed E-state index contributed by atoms with van der Waals surface area (Å²) in [4.78, 5) is 22.5. The summed E-state index contributed by atoms with van der Waals surface area (Å²) in [5, 5.41) is 0. The van der Waals surface area contributed by atoms with Gasteiger partial charge in [-0.2, -0.15) is 0 Å². The van der Waals surface area contributed by atoms with Crippen LogP contribution in [0, 0.1) is 0 Å². The second kappa shape index (κ2) is 2.28. The Morgan fingerprint density at radius 1 is 1.80 bits per heavy atom. The van der Waals surface area contributed by atoms with Crippen molar-refractivity contribution >= 4 is 12.0 Å². The van der Waals surface area contributed by atoms with Crippen LogP contribution in [0.5, 0.6) is 0 Å². The van der Waals surface area contributed by atoms with Gasteiger partial charge in [-0.25, -0.2) is 9.69 Å². The molecule has 2 amide bonds. The summed E-state index contributed by atoms with van der Waals surface area (Å²) >= 11 is 0. The lowest BCUT2D eigenvalue weighted by Gasteiger charge is -2.11. The summed E-state index contributed by atoms with van der Waals surface area (Å²) in [6.07, 6.45) is -0.528. The molecule has 10 heavy (non-hydrogen) atoms. The van der Waals surface area contributed by atoms with Gasteiger partial charge in [-0.1, -0.05) is 0 Å². The fraction of sp³-hybridized carbons (Fsp3) is 0.667. The number of carbonyl (C=O) groups is 2. The van der Waals surface area contributed by atoms with Crippen molar-refractivity contribution in [3.05, 3.63) is 0 Å². The lowest BCUT2D eigenvalue weighted by molar-refractivity contribution is -0.126. The Kier molecular flexibility index (Phi) is 1.61. The normalized spacial score (nSPS) is 24.8. The van der Waals surface area contributed by atoms with Crippen LogP contribution in [0.4, 0.5) is 4.79 Å². The van der Waals surface area contributed by atoms with Gasteiger partial charge in [-0.05, 0) is 6.92 Å². The highest BCUT2D eigenvalue weighted by Crippen LogP contribution is 2.10. The van der Waals surface area contributed by atoms with Crippen LogP contribution in [0.3, 0.4) is 0 Å². The van der Waals surface area contributed by atoms with Gasteiger partial charge in [0, 0.05) is 6.92 Å². The molecule has 0 aromatic rings. The lowest BCUT2D eigenvalue weighted by Crippen LogP contribution is -2.35. The Bertz CT molecular complexity index is 178. The monoisotopic (exact) mass is 143 g/mol. The van der Waals surface area contributed by atoms with Crippen LogP contribution in [0.15, 0.2) is 0 Å². The van der Waals surface area contributed by atoms with E-state index in [4.69, 9.17) is 0 Å². The maximum absolute atomic E-state index is 10.7. The zero-order valence-electron chi connectivity index (χ0n) is 5.96. The highest BCUT2D eigenvalue weighted by atomic mass is 16.6. The van der Waals surface area contributed by atoms with E-state index in [1.165, 1.54) is 6.92 Å². The van der Waals surface area contributed by atoms with Gasteiger partial charge < -0.3 is 4.74 Å². The van der Waals surface area contributed by atoms with Crippen molar-refractivity contribution in [1.82, 2.24) is 4.90 Å². The van der Waals surface area contributed by atoms with E-state index in [2.05, 4.69) is 4.74 Å². The van der Waals surface area contributed by atoms with E-state index in [0.29, 0.717) is 6.61 Å². The van der Waals surface area contributed by atoms with E-state index >= 15 is 0 Å². The van der Waals surface area contributed by atoms with Crippen LogP contribution >= 0.6 is 0 Å². The highest BCUT2D eigenvalue weighted by molar-refractivity contribution is 5.92. The predicted molar refractivity (Wildman–Crippen MR) is 33.3 cm³/mol. The Balaban J connectivity index is 2.72. The summed E-state index contributed by atoms with van der Waals surface area (Å²) in [6.45, 7) is 3.44. The van der Waals surface area contributed by atoms with E-state index in [0.717, 1.165) is 4.90 Å². The first-order chi connectivity index (χ1) is 4.63. The van der Waals surface area contributed by atoms with Crippen molar-refractivity contribution in [2.75, 3.05) is 6.61 Å². The molecule has 4 heteroatoms. The van der Waals surface area contributed by atoms with Gasteiger partial charge in [0.25, 0.3) is 0 Å². The number of cyclic esters (lactones) is 1. The van der Waals surface area contributed by atoms with Crippen molar-refractivity contribution < 1.29 is 14.3 Å². The first-order valence-corrected chi connectivity index (χ1v) is 3.09. The second-order valence-electron chi connectivity index (χ2n) is 2.31. The molecule has 1 atom stereocenters. The summed E-state index contributed by atoms with van der Waals surface area (Å²) < 4.78 is 4.61. The minimum Gasteiger partial charge on any atom is -0.447 e. The molecule has 0 aromatic carbocycles. The maximum Gasteiger partial charge on any atom is 0.416 e. The van der Waals surface area contributed by atoms with Crippen molar-refractivity contribution in [2.24, 2.45) is 0 Å². The highest BCUT2D eigenvalue weighted by Gasteiger charge is 2.32. The Morgan fingerprint density at radius 3 is 2.60 bits per heavy atom. The van der Waals surface area contributed by atoms with E-state index in [9.17, 15) is 9.59 Å². The van der Waals surface area contributed by atoms with E-state index < -0.39 is 6.09 Å². The zero-order valence-corrected chi connectivity index (χ0v) is 5.96. The average Bonchev–Trinajstić information content (AvgIpc) is 2.11. The molecule has 1 rings (SSSR count). The molecule has 1 saturated heterocycles. The summed E-state index contributed by atoms with van der Waals surface area (Å²) in [5.41, 5.74) is 0. The number of ether oxygens (including phenoxy) is 1. The fourth-order valence-corrected chi connectivity index (χ4v) is 0.955. The van der Waals surface area contributed by atoms with Gasteiger partial charge in [-0.3, -0.25) is 4.79 Å². The molecule has 0 aliphatic carbocycles. The van der Waals surface area contributed by atoms with Crippen LogP contribution in [0.1, 0.15) is 13.8 Å². The van der Waals surface area contributed by atoms with Gasteiger partial charge in [0.2, 0.25) is 5.91 Å². The largest absolute Gasteiger partial charge is 0.447 e. The summed E-state index contributed by atoms with van der Waals surface area (Å²) in [7, 11) is 0. The zero-order chi connectivity index (χ0) is 7.72. The van der Waals surface area contributed by atoms with Gasteiger partial charge in [0.1, 0.15) is 6.61 Å². The molecule has 1 aliphatic rings. The molecule has 56 valence electrons. The number of hydrogen-bond acceptors (Lipinski definition) is 3. The van der Waals surface area contributed by atoms with Crippen LogP contribution in [-0.2, 0) is 9.53 Å². The number of imide groups is 1. The van der Waals surface area contributed by atoms with Crippen LogP contribution in [0.25, 0.3) is 0 Å². The van der Waals surface area contributed by atoms with Crippen LogP contribution in [-0.4, -0.2) is 29.5 Å². The number of rotatable bonds is 0. The molecule has 0 spiro atoms. The molecule has 0 N–H and O–H groups in total. The van der Waals surface area contributed by atoms with Gasteiger partial charge in [0.05, 0.1) is 6.04 Å². The maximum atomic E-state index is 10.7. The molecule has 0 radical (unpaired) electrons. The minimum absolute atomic E-state index is 0.106. The molecule has 1 aliphatic heterocycles. The van der Waals surface area contributed by atoms with Gasteiger partial charge in [0.15, 0.2) is 0 Å². The van der Waals surface area contributed by atoms with Crippen LogP contribution in [0.2, 0.25) is 0 Å². The van der Waals surface area contributed by atoms with E-state index in [-0.39, 0.29) is 11.9 Å². The standard InChI is InChI=1S/C6H9NO3/c1-4-3-10-6(9)7(4)5(2)8/h4H,3H2,1-2H3/t4-/m0/s1. The topological polar surface area (TPSA) is 46.6 Å². The predicted octanol–water partition coefficient (Wildman–Crippen LogP) is 0.374. The molecule has 0 bridgehead atoms. The van der Waals surface area contributed by atoms with Gasteiger partial charge in [-0.15, -0.1) is 0 Å². The minimum atomic E-state index is -0.528.